The third kappa shape index (κ3) is 2.84. The van der Waals surface area contributed by atoms with Crippen molar-refractivity contribution in [1.29, 1.82) is 0 Å². The van der Waals surface area contributed by atoms with Crippen molar-refractivity contribution in [3.63, 3.8) is 0 Å². The first-order valence-electron chi connectivity index (χ1n) is 4.11. The highest BCUT2D eigenvalue weighted by molar-refractivity contribution is 6.31. The normalized spacial score (nSPS) is 14.0. The fourth-order valence-corrected chi connectivity index (χ4v) is 1.33. The number of aliphatic hydroxyl groups is 1. The molecule has 0 unspecified atom stereocenters. The van der Waals surface area contributed by atoms with E-state index in [2.05, 4.69) is 0 Å². The highest BCUT2D eigenvalue weighted by atomic mass is 35.5. The Bertz CT molecular complexity index is 354. The Morgan fingerprint density at radius 1 is 1.40 bits per heavy atom. The topological polar surface area (TPSA) is 46.2 Å². The SMILES string of the molecule is NC[C@H](O)c1ccc(Cl)c(C(F)(F)F)c1. The Morgan fingerprint density at radius 3 is 2.47 bits per heavy atom. The predicted molar refractivity (Wildman–Crippen MR) is 50.5 cm³/mol. The van der Waals surface area contributed by atoms with Crippen LogP contribution in [-0.2, 0) is 6.18 Å². The third-order valence-electron chi connectivity index (χ3n) is 1.90. The van der Waals surface area contributed by atoms with Gasteiger partial charge < -0.3 is 10.8 Å². The molecule has 1 rings (SSSR count). The summed E-state index contributed by atoms with van der Waals surface area (Å²) in [7, 11) is 0. The van der Waals surface area contributed by atoms with Crippen LogP contribution in [0.5, 0.6) is 0 Å². The fourth-order valence-electron chi connectivity index (χ4n) is 1.10. The molecule has 0 aliphatic heterocycles. The lowest BCUT2D eigenvalue weighted by molar-refractivity contribution is -0.137. The number of halogens is 4. The molecule has 0 saturated carbocycles. The van der Waals surface area contributed by atoms with Crippen LogP contribution >= 0.6 is 11.6 Å². The molecule has 1 aromatic carbocycles. The molecule has 0 amide bonds. The minimum Gasteiger partial charge on any atom is -0.387 e. The molecule has 2 nitrogen and oxygen atoms in total. The van der Waals surface area contributed by atoms with Gasteiger partial charge >= 0.3 is 6.18 Å². The average molecular weight is 240 g/mol. The van der Waals surface area contributed by atoms with Crippen molar-refractivity contribution in [3.8, 4) is 0 Å². The molecule has 0 fully saturated rings. The van der Waals surface area contributed by atoms with Gasteiger partial charge in [0.05, 0.1) is 16.7 Å². The van der Waals surface area contributed by atoms with Gasteiger partial charge in [-0.1, -0.05) is 17.7 Å². The van der Waals surface area contributed by atoms with Crippen LogP contribution in [0.1, 0.15) is 17.2 Å². The van der Waals surface area contributed by atoms with Crippen molar-refractivity contribution in [3.05, 3.63) is 34.3 Å². The van der Waals surface area contributed by atoms with Gasteiger partial charge in [-0.05, 0) is 17.7 Å². The maximum atomic E-state index is 12.4. The summed E-state index contributed by atoms with van der Waals surface area (Å²) in [6, 6.07) is 3.22. The molecule has 0 spiro atoms. The summed E-state index contributed by atoms with van der Waals surface area (Å²) in [6.07, 6.45) is -5.63. The maximum absolute atomic E-state index is 12.4. The Balaban J connectivity index is 3.17. The molecule has 0 saturated heterocycles. The van der Waals surface area contributed by atoms with Gasteiger partial charge in [-0.25, -0.2) is 0 Å². The summed E-state index contributed by atoms with van der Waals surface area (Å²) in [4.78, 5) is 0. The molecule has 0 heterocycles. The number of rotatable bonds is 2. The van der Waals surface area contributed by atoms with Crippen LogP contribution in [0.15, 0.2) is 18.2 Å². The van der Waals surface area contributed by atoms with Gasteiger partial charge in [-0.2, -0.15) is 13.2 Å². The van der Waals surface area contributed by atoms with Gasteiger partial charge in [0.25, 0.3) is 0 Å². The molecular weight excluding hydrogens is 231 g/mol. The van der Waals surface area contributed by atoms with Crippen LogP contribution in [0.2, 0.25) is 5.02 Å². The van der Waals surface area contributed by atoms with E-state index in [0.717, 1.165) is 12.1 Å². The molecule has 0 aliphatic carbocycles. The van der Waals surface area contributed by atoms with Gasteiger partial charge in [0.15, 0.2) is 0 Å². The van der Waals surface area contributed by atoms with Gasteiger partial charge in [0, 0.05) is 6.54 Å². The second-order valence-electron chi connectivity index (χ2n) is 2.99. The highest BCUT2D eigenvalue weighted by Gasteiger charge is 2.33. The van der Waals surface area contributed by atoms with Crippen LogP contribution < -0.4 is 5.73 Å². The van der Waals surface area contributed by atoms with E-state index >= 15 is 0 Å². The largest absolute Gasteiger partial charge is 0.417 e. The Kier molecular flexibility index (Phi) is 3.59. The minimum atomic E-state index is -4.53. The van der Waals surface area contributed by atoms with E-state index in [-0.39, 0.29) is 12.1 Å². The molecule has 84 valence electrons. The van der Waals surface area contributed by atoms with Gasteiger partial charge in [-0.3, -0.25) is 0 Å². The van der Waals surface area contributed by atoms with Crippen molar-refractivity contribution in [2.45, 2.75) is 12.3 Å². The lowest BCUT2D eigenvalue weighted by Gasteiger charge is -2.13. The average Bonchev–Trinajstić information content (AvgIpc) is 2.15. The van der Waals surface area contributed by atoms with Gasteiger partial charge in [-0.15, -0.1) is 0 Å². The van der Waals surface area contributed by atoms with E-state index in [9.17, 15) is 18.3 Å². The Hall–Kier alpha value is -0.780. The highest BCUT2D eigenvalue weighted by Crippen LogP contribution is 2.35. The van der Waals surface area contributed by atoms with E-state index in [1.54, 1.807) is 0 Å². The lowest BCUT2D eigenvalue weighted by atomic mass is 10.1. The van der Waals surface area contributed by atoms with E-state index in [1.165, 1.54) is 6.07 Å². The number of hydrogen-bond acceptors (Lipinski definition) is 2. The van der Waals surface area contributed by atoms with Crippen LogP contribution in [0.3, 0.4) is 0 Å². The third-order valence-corrected chi connectivity index (χ3v) is 2.23. The zero-order valence-electron chi connectivity index (χ0n) is 7.55. The molecule has 15 heavy (non-hydrogen) atoms. The molecule has 0 aromatic heterocycles. The molecule has 6 heteroatoms. The molecule has 1 atom stereocenters. The van der Waals surface area contributed by atoms with Crippen molar-refractivity contribution in [2.75, 3.05) is 6.54 Å². The summed E-state index contributed by atoms with van der Waals surface area (Å²) in [6.45, 7) is -0.140. The number of benzene rings is 1. The van der Waals surface area contributed by atoms with Crippen LogP contribution in [0, 0.1) is 0 Å². The number of hydrogen-bond donors (Lipinski definition) is 2. The lowest BCUT2D eigenvalue weighted by Crippen LogP contribution is -2.13. The number of aliphatic hydroxyl groups excluding tert-OH is 1. The van der Waals surface area contributed by atoms with Crippen molar-refractivity contribution >= 4 is 11.6 Å². The molecule has 3 N–H and O–H groups in total. The zero-order valence-corrected chi connectivity index (χ0v) is 8.31. The first kappa shape index (κ1) is 12.3. The van der Waals surface area contributed by atoms with E-state index in [4.69, 9.17) is 17.3 Å². The molecular formula is C9H9ClF3NO. The van der Waals surface area contributed by atoms with Crippen molar-refractivity contribution < 1.29 is 18.3 Å². The maximum Gasteiger partial charge on any atom is 0.417 e. The van der Waals surface area contributed by atoms with E-state index in [1.807, 2.05) is 0 Å². The van der Waals surface area contributed by atoms with Gasteiger partial charge in [0.1, 0.15) is 0 Å². The zero-order chi connectivity index (χ0) is 11.6. The summed E-state index contributed by atoms with van der Waals surface area (Å²) < 4.78 is 37.2. The first-order valence-corrected chi connectivity index (χ1v) is 4.49. The summed E-state index contributed by atoms with van der Waals surface area (Å²) in [5.41, 5.74) is 4.28. The minimum absolute atomic E-state index is 0.106. The fraction of sp³-hybridized carbons (Fsp3) is 0.333. The number of nitrogens with two attached hydrogens (primary N) is 1. The summed E-state index contributed by atoms with van der Waals surface area (Å²) >= 11 is 5.40. The van der Waals surface area contributed by atoms with Crippen LogP contribution in [0.25, 0.3) is 0 Å². The molecule has 0 bridgehead atoms. The van der Waals surface area contributed by atoms with Crippen LogP contribution in [-0.4, -0.2) is 11.7 Å². The predicted octanol–water partition coefficient (Wildman–Crippen LogP) is 2.35. The second kappa shape index (κ2) is 4.38. The van der Waals surface area contributed by atoms with Crippen molar-refractivity contribution in [2.24, 2.45) is 5.73 Å². The summed E-state index contributed by atoms with van der Waals surface area (Å²) in [5.74, 6) is 0. The van der Waals surface area contributed by atoms with Crippen LogP contribution in [0.4, 0.5) is 13.2 Å². The first-order chi connectivity index (χ1) is 6.86. The molecule has 1 aromatic rings. The monoisotopic (exact) mass is 239 g/mol. The Morgan fingerprint density at radius 2 is 2.00 bits per heavy atom. The van der Waals surface area contributed by atoms with E-state index in [0.29, 0.717) is 0 Å². The standard InChI is InChI=1S/C9H9ClF3NO/c10-7-2-1-5(8(15)4-14)3-6(7)9(11,12)13/h1-3,8,15H,4,14H2/t8-/m0/s1. The molecule has 0 aliphatic rings. The van der Waals surface area contributed by atoms with Crippen molar-refractivity contribution in [1.82, 2.24) is 0 Å². The van der Waals surface area contributed by atoms with E-state index < -0.39 is 22.9 Å². The Labute approximate surface area is 89.5 Å². The smallest absolute Gasteiger partial charge is 0.387 e. The summed E-state index contributed by atoms with van der Waals surface area (Å²) in [5, 5.41) is 8.88. The second-order valence-corrected chi connectivity index (χ2v) is 3.40. The van der Waals surface area contributed by atoms with Gasteiger partial charge in [0.2, 0.25) is 0 Å². The molecule has 0 radical (unpaired) electrons. The quantitative estimate of drug-likeness (QED) is 0.832. The number of alkyl halides is 3.